The van der Waals surface area contributed by atoms with Gasteiger partial charge in [0.25, 0.3) is 5.56 Å². The SMILES string of the molecule is Cc1ccc(=O)n(C(C)CCN)n1. The van der Waals surface area contributed by atoms with Crippen LogP contribution < -0.4 is 11.3 Å². The first-order chi connectivity index (χ1) is 6.15. The molecule has 1 heterocycles. The molecule has 13 heavy (non-hydrogen) atoms. The molecular weight excluding hydrogens is 166 g/mol. The summed E-state index contributed by atoms with van der Waals surface area (Å²) in [4.78, 5) is 11.3. The molecule has 0 amide bonds. The maximum absolute atomic E-state index is 11.3. The van der Waals surface area contributed by atoms with Crippen molar-refractivity contribution in [3.05, 3.63) is 28.2 Å². The molecule has 0 saturated heterocycles. The highest BCUT2D eigenvalue weighted by atomic mass is 16.1. The molecule has 0 radical (unpaired) electrons. The lowest BCUT2D eigenvalue weighted by atomic mass is 10.2. The zero-order valence-corrected chi connectivity index (χ0v) is 8.03. The molecule has 0 saturated carbocycles. The van der Waals surface area contributed by atoms with Gasteiger partial charge in [-0.25, -0.2) is 4.68 Å². The van der Waals surface area contributed by atoms with Crippen molar-refractivity contribution in [1.82, 2.24) is 9.78 Å². The van der Waals surface area contributed by atoms with Gasteiger partial charge in [-0.3, -0.25) is 4.79 Å². The number of nitrogens with two attached hydrogens (primary N) is 1. The van der Waals surface area contributed by atoms with E-state index in [0.717, 1.165) is 12.1 Å². The number of hydrogen-bond donors (Lipinski definition) is 1. The van der Waals surface area contributed by atoms with Crippen LogP contribution in [0.25, 0.3) is 0 Å². The summed E-state index contributed by atoms with van der Waals surface area (Å²) in [6.45, 7) is 4.38. The zero-order chi connectivity index (χ0) is 9.84. The normalized spacial score (nSPS) is 12.8. The van der Waals surface area contributed by atoms with E-state index in [1.165, 1.54) is 10.7 Å². The Balaban J connectivity index is 2.99. The van der Waals surface area contributed by atoms with E-state index >= 15 is 0 Å². The number of aryl methyl sites for hydroxylation is 1. The van der Waals surface area contributed by atoms with E-state index in [1.54, 1.807) is 6.07 Å². The number of hydrogen-bond acceptors (Lipinski definition) is 3. The molecule has 1 aromatic heterocycles. The summed E-state index contributed by atoms with van der Waals surface area (Å²) < 4.78 is 1.49. The van der Waals surface area contributed by atoms with Gasteiger partial charge in [0.2, 0.25) is 0 Å². The van der Waals surface area contributed by atoms with Crippen molar-refractivity contribution in [2.45, 2.75) is 26.3 Å². The minimum Gasteiger partial charge on any atom is -0.330 e. The van der Waals surface area contributed by atoms with Gasteiger partial charge in [-0.2, -0.15) is 5.10 Å². The van der Waals surface area contributed by atoms with Crippen LogP contribution in [0.4, 0.5) is 0 Å². The minimum atomic E-state index is -0.0634. The van der Waals surface area contributed by atoms with Crippen LogP contribution in [0.2, 0.25) is 0 Å². The van der Waals surface area contributed by atoms with Gasteiger partial charge in [0.05, 0.1) is 11.7 Å². The largest absolute Gasteiger partial charge is 0.330 e. The molecule has 1 unspecified atom stereocenters. The van der Waals surface area contributed by atoms with Crippen LogP contribution in [0.1, 0.15) is 25.1 Å². The molecule has 0 aliphatic heterocycles. The van der Waals surface area contributed by atoms with E-state index in [0.29, 0.717) is 6.54 Å². The van der Waals surface area contributed by atoms with Gasteiger partial charge in [0, 0.05) is 6.07 Å². The summed E-state index contributed by atoms with van der Waals surface area (Å²) in [5, 5.41) is 4.14. The highest BCUT2D eigenvalue weighted by molar-refractivity contribution is 4.97. The van der Waals surface area contributed by atoms with Crippen LogP contribution in [0, 0.1) is 6.92 Å². The van der Waals surface area contributed by atoms with E-state index in [9.17, 15) is 4.79 Å². The Morgan fingerprint density at radius 2 is 2.31 bits per heavy atom. The monoisotopic (exact) mass is 181 g/mol. The Labute approximate surface area is 77.4 Å². The molecule has 0 aliphatic carbocycles. The van der Waals surface area contributed by atoms with Crippen molar-refractivity contribution in [3.8, 4) is 0 Å². The molecule has 1 rings (SSSR count). The summed E-state index contributed by atoms with van der Waals surface area (Å²) in [5.74, 6) is 0. The average Bonchev–Trinajstić information content (AvgIpc) is 2.09. The second kappa shape index (κ2) is 4.18. The lowest BCUT2D eigenvalue weighted by molar-refractivity contribution is 0.439. The van der Waals surface area contributed by atoms with E-state index < -0.39 is 0 Å². The smallest absolute Gasteiger partial charge is 0.266 e. The van der Waals surface area contributed by atoms with Gasteiger partial charge in [0.15, 0.2) is 0 Å². The van der Waals surface area contributed by atoms with Crippen LogP contribution >= 0.6 is 0 Å². The summed E-state index contributed by atoms with van der Waals surface area (Å²) >= 11 is 0. The lowest BCUT2D eigenvalue weighted by Gasteiger charge is -2.12. The van der Waals surface area contributed by atoms with Crippen molar-refractivity contribution in [3.63, 3.8) is 0 Å². The predicted octanol–water partition coefficient (Wildman–Crippen LogP) is 0.462. The van der Waals surface area contributed by atoms with Crippen molar-refractivity contribution in [2.24, 2.45) is 5.73 Å². The van der Waals surface area contributed by atoms with Gasteiger partial charge < -0.3 is 5.73 Å². The van der Waals surface area contributed by atoms with Crippen LogP contribution in [0.5, 0.6) is 0 Å². The van der Waals surface area contributed by atoms with Gasteiger partial charge in [-0.05, 0) is 32.9 Å². The standard InChI is InChI=1S/C9H15N3O/c1-7-3-4-9(13)12(11-7)8(2)5-6-10/h3-4,8H,5-6,10H2,1-2H3. The van der Waals surface area contributed by atoms with Crippen LogP contribution in [-0.4, -0.2) is 16.3 Å². The molecule has 0 bridgehead atoms. The van der Waals surface area contributed by atoms with Crippen LogP contribution in [0.15, 0.2) is 16.9 Å². The molecule has 1 atom stereocenters. The zero-order valence-electron chi connectivity index (χ0n) is 8.03. The Hall–Kier alpha value is -1.16. The van der Waals surface area contributed by atoms with Crippen molar-refractivity contribution >= 4 is 0 Å². The number of rotatable bonds is 3. The third-order valence-corrected chi connectivity index (χ3v) is 1.96. The van der Waals surface area contributed by atoms with Gasteiger partial charge >= 0.3 is 0 Å². The summed E-state index contributed by atoms with van der Waals surface area (Å²) in [7, 11) is 0. The van der Waals surface area contributed by atoms with Crippen LogP contribution in [-0.2, 0) is 0 Å². The molecule has 1 aromatic rings. The van der Waals surface area contributed by atoms with Gasteiger partial charge in [-0.1, -0.05) is 0 Å². The Morgan fingerprint density at radius 3 is 2.92 bits per heavy atom. The fourth-order valence-corrected chi connectivity index (χ4v) is 1.20. The fourth-order valence-electron chi connectivity index (χ4n) is 1.20. The van der Waals surface area contributed by atoms with Crippen molar-refractivity contribution in [1.29, 1.82) is 0 Å². The summed E-state index contributed by atoms with van der Waals surface area (Å²) in [5.41, 5.74) is 6.20. The third-order valence-electron chi connectivity index (χ3n) is 1.96. The number of aromatic nitrogens is 2. The molecular formula is C9H15N3O. The molecule has 0 aromatic carbocycles. The number of nitrogens with zero attached hydrogens (tertiary/aromatic N) is 2. The topological polar surface area (TPSA) is 60.9 Å². The quantitative estimate of drug-likeness (QED) is 0.737. The Kier molecular flexibility index (Phi) is 3.19. The van der Waals surface area contributed by atoms with Crippen molar-refractivity contribution in [2.75, 3.05) is 6.54 Å². The van der Waals surface area contributed by atoms with Gasteiger partial charge in [0.1, 0.15) is 0 Å². The first-order valence-electron chi connectivity index (χ1n) is 4.41. The molecule has 0 spiro atoms. The summed E-state index contributed by atoms with van der Waals surface area (Å²) in [6, 6.07) is 3.33. The maximum atomic E-state index is 11.3. The Bertz CT molecular complexity index is 332. The minimum absolute atomic E-state index is 0.0634. The fraction of sp³-hybridized carbons (Fsp3) is 0.556. The third kappa shape index (κ3) is 2.39. The van der Waals surface area contributed by atoms with Gasteiger partial charge in [-0.15, -0.1) is 0 Å². The molecule has 0 fully saturated rings. The average molecular weight is 181 g/mol. The Morgan fingerprint density at radius 1 is 1.62 bits per heavy atom. The predicted molar refractivity (Wildman–Crippen MR) is 51.6 cm³/mol. The lowest BCUT2D eigenvalue weighted by Crippen LogP contribution is -2.26. The molecule has 4 nitrogen and oxygen atoms in total. The maximum Gasteiger partial charge on any atom is 0.266 e. The summed E-state index contributed by atoms with van der Waals surface area (Å²) in [6.07, 6.45) is 0.774. The highest BCUT2D eigenvalue weighted by Gasteiger charge is 2.06. The molecule has 0 aliphatic rings. The molecule has 72 valence electrons. The van der Waals surface area contributed by atoms with Crippen LogP contribution in [0.3, 0.4) is 0 Å². The first-order valence-corrected chi connectivity index (χ1v) is 4.41. The van der Waals surface area contributed by atoms with E-state index in [4.69, 9.17) is 5.73 Å². The van der Waals surface area contributed by atoms with E-state index in [2.05, 4.69) is 5.10 Å². The molecule has 4 heteroatoms. The molecule has 2 N–H and O–H groups in total. The highest BCUT2D eigenvalue weighted by Crippen LogP contribution is 2.03. The first kappa shape index (κ1) is 9.92. The van der Waals surface area contributed by atoms with E-state index in [-0.39, 0.29) is 11.6 Å². The second-order valence-corrected chi connectivity index (χ2v) is 3.18. The van der Waals surface area contributed by atoms with Crippen molar-refractivity contribution < 1.29 is 0 Å². The van der Waals surface area contributed by atoms with E-state index in [1.807, 2.05) is 13.8 Å². The second-order valence-electron chi connectivity index (χ2n) is 3.18.